The molecule has 0 unspecified atom stereocenters. The molecule has 0 aliphatic carbocycles. The quantitative estimate of drug-likeness (QED) is 0.587. The Morgan fingerprint density at radius 2 is 2.20 bits per heavy atom. The first-order valence-corrected chi connectivity index (χ1v) is 4.81. The lowest BCUT2D eigenvalue weighted by atomic mass is 10.2. The fourth-order valence-corrected chi connectivity index (χ4v) is 1.18. The van der Waals surface area contributed by atoms with E-state index in [1.807, 2.05) is 0 Å². The van der Waals surface area contributed by atoms with Gasteiger partial charge in [-0.1, -0.05) is 29.8 Å². The van der Waals surface area contributed by atoms with Crippen LogP contribution in [0.5, 0.6) is 0 Å². The van der Waals surface area contributed by atoms with Crippen molar-refractivity contribution in [3.8, 4) is 0 Å². The third-order valence-electron chi connectivity index (χ3n) is 1.66. The van der Waals surface area contributed by atoms with Crippen LogP contribution in [-0.2, 0) is 9.53 Å². The topological polar surface area (TPSA) is 26.3 Å². The number of halogens is 2. The molecule has 0 spiro atoms. The molecule has 0 fully saturated rings. The Labute approximate surface area is 92.3 Å². The van der Waals surface area contributed by atoms with Crippen LogP contribution >= 0.6 is 11.6 Å². The van der Waals surface area contributed by atoms with Gasteiger partial charge in [-0.25, -0.2) is 4.79 Å². The third-order valence-corrected chi connectivity index (χ3v) is 2.00. The summed E-state index contributed by atoms with van der Waals surface area (Å²) in [5.74, 6) is -1.93. The second-order valence-corrected chi connectivity index (χ2v) is 3.14. The maximum Gasteiger partial charge on any atom is 0.367 e. The number of ether oxygens (including phenoxy) is 1. The van der Waals surface area contributed by atoms with Gasteiger partial charge in [-0.3, -0.25) is 0 Å². The molecule has 0 atom stereocenters. The molecule has 0 radical (unpaired) electrons. The van der Waals surface area contributed by atoms with Crippen LogP contribution in [0, 0.1) is 0 Å². The van der Waals surface area contributed by atoms with Crippen LogP contribution in [0.4, 0.5) is 4.39 Å². The fraction of sp³-hybridized carbons (Fsp3) is 0.182. The van der Waals surface area contributed by atoms with Crippen molar-refractivity contribution in [2.45, 2.75) is 6.92 Å². The lowest BCUT2D eigenvalue weighted by Crippen LogP contribution is -2.03. The number of hydrogen-bond donors (Lipinski definition) is 0. The molecular formula is C11H10ClFO2. The van der Waals surface area contributed by atoms with Crippen LogP contribution in [0.3, 0.4) is 0 Å². The van der Waals surface area contributed by atoms with Gasteiger partial charge in [-0.2, -0.15) is 4.39 Å². The minimum atomic E-state index is -0.975. The molecule has 1 rings (SSSR count). The monoisotopic (exact) mass is 228 g/mol. The summed E-state index contributed by atoms with van der Waals surface area (Å²) in [6.07, 6.45) is 1.06. The molecule has 0 saturated heterocycles. The van der Waals surface area contributed by atoms with Gasteiger partial charge in [0, 0.05) is 5.02 Å². The van der Waals surface area contributed by atoms with E-state index in [1.165, 1.54) is 0 Å². The highest BCUT2D eigenvalue weighted by atomic mass is 35.5. The van der Waals surface area contributed by atoms with Crippen molar-refractivity contribution >= 4 is 23.6 Å². The van der Waals surface area contributed by atoms with Gasteiger partial charge in [0.2, 0.25) is 5.83 Å². The summed E-state index contributed by atoms with van der Waals surface area (Å²) < 4.78 is 17.7. The van der Waals surface area contributed by atoms with Crippen LogP contribution in [0.25, 0.3) is 6.08 Å². The number of carbonyl (C=O) groups excluding carboxylic acids is 1. The van der Waals surface area contributed by atoms with Crippen molar-refractivity contribution in [3.05, 3.63) is 40.7 Å². The maximum atomic E-state index is 13.2. The van der Waals surface area contributed by atoms with E-state index in [1.54, 1.807) is 31.2 Å². The van der Waals surface area contributed by atoms with Gasteiger partial charge in [0.25, 0.3) is 0 Å². The van der Waals surface area contributed by atoms with E-state index in [-0.39, 0.29) is 6.61 Å². The van der Waals surface area contributed by atoms with Crippen LogP contribution in [0.2, 0.25) is 5.02 Å². The zero-order chi connectivity index (χ0) is 11.3. The summed E-state index contributed by atoms with van der Waals surface area (Å²) in [6, 6.07) is 6.66. The molecule has 0 aliphatic heterocycles. The summed E-state index contributed by atoms with van der Waals surface area (Å²) in [4.78, 5) is 11.0. The van der Waals surface area contributed by atoms with Crippen molar-refractivity contribution in [2.24, 2.45) is 0 Å². The van der Waals surface area contributed by atoms with Gasteiger partial charge in [0.15, 0.2) is 0 Å². The van der Waals surface area contributed by atoms with Crippen molar-refractivity contribution in [1.82, 2.24) is 0 Å². The summed E-state index contributed by atoms with van der Waals surface area (Å²) in [7, 11) is 0. The molecule has 2 nitrogen and oxygen atoms in total. The number of carbonyl (C=O) groups is 1. The molecular weight excluding hydrogens is 219 g/mol. The van der Waals surface area contributed by atoms with Gasteiger partial charge in [0.1, 0.15) is 0 Å². The zero-order valence-electron chi connectivity index (χ0n) is 8.17. The third kappa shape index (κ3) is 3.36. The van der Waals surface area contributed by atoms with Crippen molar-refractivity contribution in [1.29, 1.82) is 0 Å². The highest BCUT2D eigenvalue weighted by molar-refractivity contribution is 6.32. The van der Waals surface area contributed by atoms with Gasteiger partial charge in [0.05, 0.1) is 6.61 Å². The molecule has 0 amide bonds. The lowest BCUT2D eigenvalue weighted by Gasteiger charge is -2.00. The highest BCUT2D eigenvalue weighted by Crippen LogP contribution is 2.18. The first kappa shape index (κ1) is 11.7. The molecule has 0 bridgehead atoms. The molecule has 0 N–H and O–H groups in total. The van der Waals surface area contributed by atoms with Crippen LogP contribution < -0.4 is 0 Å². The molecule has 0 saturated carbocycles. The maximum absolute atomic E-state index is 13.2. The Morgan fingerprint density at radius 3 is 2.80 bits per heavy atom. The molecule has 15 heavy (non-hydrogen) atoms. The Morgan fingerprint density at radius 1 is 1.53 bits per heavy atom. The normalized spacial score (nSPS) is 11.3. The predicted molar refractivity (Wildman–Crippen MR) is 57.2 cm³/mol. The van der Waals surface area contributed by atoms with E-state index < -0.39 is 11.8 Å². The van der Waals surface area contributed by atoms with E-state index in [2.05, 4.69) is 4.74 Å². The average Bonchev–Trinajstić information content (AvgIpc) is 2.21. The SMILES string of the molecule is CCOC(=O)/C(F)=C/c1ccccc1Cl. The summed E-state index contributed by atoms with van der Waals surface area (Å²) in [5.41, 5.74) is 0.449. The summed E-state index contributed by atoms with van der Waals surface area (Å²) in [5, 5.41) is 0.386. The van der Waals surface area contributed by atoms with E-state index in [0.29, 0.717) is 10.6 Å². The second kappa shape index (κ2) is 5.51. The van der Waals surface area contributed by atoms with E-state index in [0.717, 1.165) is 6.08 Å². The Hall–Kier alpha value is -1.35. The van der Waals surface area contributed by atoms with Crippen molar-refractivity contribution < 1.29 is 13.9 Å². The molecule has 80 valence electrons. The van der Waals surface area contributed by atoms with E-state index in [4.69, 9.17) is 11.6 Å². The van der Waals surface area contributed by atoms with Crippen LogP contribution in [0.15, 0.2) is 30.1 Å². The molecule has 0 aromatic heterocycles. The Bertz CT molecular complexity index is 388. The first-order chi connectivity index (χ1) is 7.15. The number of rotatable bonds is 3. The van der Waals surface area contributed by atoms with Gasteiger partial charge >= 0.3 is 5.97 Å². The number of benzene rings is 1. The lowest BCUT2D eigenvalue weighted by molar-refractivity contribution is -0.140. The first-order valence-electron chi connectivity index (χ1n) is 4.44. The smallest absolute Gasteiger partial charge is 0.367 e. The van der Waals surface area contributed by atoms with E-state index >= 15 is 0 Å². The minimum absolute atomic E-state index is 0.141. The van der Waals surface area contributed by atoms with Gasteiger partial charge in [-0.05, 0) is 24.6 Å². The standard InChI is InChI=1S/C11H10ClFO2/c1-2-15-11(14)10(13)7-8-5-3-4-6-9(8)12/h3-7H,2H2,1H3/b10-7-. The summed E-state index contributed by atoms with van der Waals surface area (Å²) in [6.45, 7) is 1.75. The van der Waals surface area contributed by atoms with Crippen LogP contribution in [-0.4, -0.2) is 12.6 Å². The van der Waals surface area contributed by atoms with Gasteiger partial charge < -0.3 is 4.74 Å². The molecule has 0 aliphatic rings. The molecule has 0 heterocycles. The Kier molecular flexibility index (Phi) is 4.31. The van der Waals surface area contributed by atoms with Crippen LogP contribution in [0.1, 0.15) is 12.5 Å². The average molecular weight is 229 g/mol. The second-order valence-electron chi connectivity index (χ2n) is 2.73. The largest absolute Gasteiger partial charge is 0.461 e. The van der Waals surface area contributed by atoms with Gasteiger partial charge in [-0.15, -0.1) is 0 Å². The number of hydrogen-bond acceptors (Lipinski definition) is 2. The predicted octanol–water partition coefficient (Wildman–Crippen LogP) is 3.21. The molecule has 4 heteroatoms. The van der Waals surface area contributed by atoms with Crippen molar-refractivity contribution in [2.75, 3.05) is 6.61 Å². The molecule has 1 aromatic rings. The minimum Gasteiger partial charge on any atom is -0.461 e. The zero-order valence-corrected chi connectivity index (χ0v) is 8.92. The molecule has 1 aromatic carbocycles. The highest BCUT2D eigenvalue weighted by Gasteiger charge is 2.09. The Balaban J connectivity index is 2.88. The summed E-state index contributed by atoms with van der Waals surface area (Å²) >= 11 is 5.79. The fourth-order valence-electron chi connectivity index (χ4n) is 0.988. The van der Waals surface area contributed by atoms with Crippen molar-refractivity contribution in [3.63, 3.8) is 0 Å². The van der Waals surface area contributed by atoms with E-state index in [9.17, 15) is 9.18 Å². The number of esters is 1.